The van der Waals surface area contributed by atoms with E-state index in [2.05, 4.69) is 106 Å². The van der Waals surface area contributed by atoms with Crippen molar-refractivity contribution < 1.29 is 17.7 Å². The average molecular weight is 725 g/mol. The monoisotopic (exact) mass is 725 g/mol. The zero-order valence-electron chi connectivity index (χ0n) is 34.2. The number of fused-ring (bicyclic) bond motifs is 5. The van der Waals surface area contributed by atoms with E-state index in [4.69, 9.17) is 17.7 Å². The Morgan fingerprint density at radius 3 is 1.85 bits per heavy atom. The fraction of sp³-hybridized carbons (Fsp3) is 1.00. The fourth-order valence-corrected chi connectivity index (χ4v) is 15.7. The number of rotatable bonds is 14. The average Bonchev–Trinajstić information content (AvgIpc) is 3.24. The maximum Gasteiger partial charge on any atom is 0.184 e. The van der Waals surface area contributed by atoms with E-state index in [9.17, 15) is 0 Å². The van der Waals surface area contributed by atoms with Gasteiger partial charge in [-0.05, 0) is 182 Å². The van der Waals surface area contributed by atoms with Gasteiger partial charge in [-0.2, -0.15) is 0 Å². The summed E-state index contributed by atoms with van der Waals surface area (Å²) in [6.45, 7) is 40.0. The van der Waals surface area contributed by atoms with Gasteiger partial charge in [-0.25, -0.2) is 0 Å². The third kappa shape index (κ3) is 9.98. The molecule has 0 aliphatic heterocycles. The molecule has 0 bridgehead atoms. The number of hydrogen-bond acceptors (Lipinski definition) is 4. The molecule has 0 heterocycles. The molecule has 2 unspecified atom stereocenters. The molecule has 4 rings (SSSR count). The summed E-state index contributed by atoms with van der Waals surface area (Å²) in [6, 6.07) is 0. The molecule has 4 fully saturated rings. The third-order valence-electron chi connectivity index (χ3n) is 13.1. The minimum absolute atomic E-state index is 0.232. The van der Waals surface area contributed by atoms with Crippen LogP contribution in [-0.2, 0) is 17.7 Å². The Balaban J connectivity index is 1.61. The van der Waals surface area contributed by atoms with Crippen molar-refractivity contribution in [3.05, 3.63) is 0 Å². The van der Waals surface area contributed by atoms with E-state index >= 15 is 0 Å². The van der Waals surface area contributed by atoms with Crippen molar-refractivity contribution in [2.75, 3.05) is 6.61 Å². The molecule has 0 spiro atoms. The summed E-state index contributed by atoms with van der Waals surface area (Å²) in [4.78, 5) is 0. The highest BCUT2D eigenvalue weighted by Gasteiger charge is 2.67. The summed E-state index contributed by atoms with van der Waals surface area (Å²) >= 11 is 0. The van der Waals surface area contributed by atoms with Gasteiger partial charge in [-0.15, -0.1) is 0 Å². The first-order valence-corrected chi connectivity index (χ1v) is 33.6. The highest BCUT2D eigenvalue weighted by atomic mass is 28.4. The summed E-state index contributed by atoms with van der Waals surface area (Å²) in [5.74, 6) is 4.88. The minimum atomic E-state index is -1.75. The smallest absolute Gasteiger partial charge is 0.184 e. The van der Waals surface area contributed by atoms with Crippen LogP contribution < -0.4 is 0 Å². The summed E-state index contributed by atoms with van der Waals surface area (Å²) < 4.78 is 27.9. The molecule has 0 aromatic carbocycles. The van der Waals surface area contributed by atoms with Gasteiger partial charge in [0.1, 0.15) is 0 Å². The van der Waals surface area contributed by atoms with Crippen molar-refractivity contribution in [3.8, 4) is 0 Å². The van der Waals surface area contributed by atoms with Crippen LogP contribution in [0.15, 0.2) is 0 Å². The normalized spacial score (nSPS) is 39.6. The molecular formula is C39H80O4Si4. The van der Waals surface area contributed by atoms with E-state index in [1.807, 2.05) is 0 Å². The van der Waals surface area contributed by atoms with Crippen LogP contribution in [0.2, 0.25) is 78.6 Å². The lowest BCUT2D eigenvalue weighted by atomic mass is 9.43. The quantitative estimate of drug-likeness (QED) is 0.167. The van der Waals surface area contributed by atoms with Crippen molar-refractivity contribution in [2.45, 2.75) is 189 Å². The zero-order valence-corrected chi connectivity index (χ0v) is 38.2. The summed E-state index contributed by atoms with van der Waals surface area (Å²) in [5.41, 5.74) is 0.597. The topological polar surface area (TPSA) is 36.9 Å². The SMILES string of the molecule is CC(CCCC(C)[C@H]1CC[C@H]2[C@@H]3[C@H](O[Si](C)(C)C)C[C@H]4C[C@H](O[Si](C)(C)C)CC[C@]4(C)[C@H]3C[C@H](O[Si](C)(C)C)[C@]12C)CO[Si](C)(C)C. The second kappa shape index (κ2) is 14.6. The van der Waals surface area contributed by atoms with E-state index in [1.54, 1.807) is 0 Å². The summed E-state index contributed by atoms with van der Waals surface area (Å²) in [5, 5.41) is 0. The highest BCUT2D eigenvalue weighted by Crippen LogP contribution is 2.69. The Hall–Kier alpha value is 0.708. The van der Waals surface area contributed by atoms with Crippen LogP contribution in [0, 0.1) is 52.3 Å². The van der Waals surface area contributed by atoms with Gasteiger partial charge in [0, 0.05) is 18.8 Å². The van der Waals surface area contributed by atoms with Gasteiger partial charge in [0.25, 0.3) is 0 Å². The van der Waals surface area contributed by atoms with E-state index < -0.39 is 33.3 Å². The Kier molecular flexibility index (Phi) is 12.6. The third-order valence-corrected chi connectivity index (χ3v) is 17.2. The first kappa shape index (κ1) is 40.5. The van der Waals surface area contributed by atoms with Crippen molar-refractivity contribution >= 4 is 33.3 Å². The first-order chi connectivity index (χ1) is 21.3. The standard InChI is InChI=1S/C39H80O4Si4/c1-28(27-40-44(5,6)7)18-17-19-29(2)32-20-21-33-37-34(26-36(39(32,33)4)43-47(14,15)16)38(3)23-22-31(41-45(8,9)10)24-30(38)25-35(37)42-46(11,12)13/h28-37H,17-27H2,1-16H3/t28?,29?,30-,31-,32-,33+,34+,35-,36+,37+,38+,39-/m1/s1. The van der Waals surface area contributed by atoms with Gasteiger partial charge in [0.05, 0.1) is 6.10 Å². The second-order valence-corrected chi connectivity index (χ2v) is 39.5. The predicted molar refractivity (Wildman–Crippen MR) is 212 cm³/mol. The van der Waals surface area contributed by atoms with Gasteiger partial charge >= 0.3 is 0 Å². The Morgan fingerprint density at radius 1 is 0.660 bits per heavy atom. The van der Waals surface area contributed by atoms with Gasteiger partial charge in [0.2, 0.25) is 0 Å². The molecule has 47 heavy (non-hydrogen) atoms. The van der Waals surface area contributed by atoms with Crippen molar-refractivity contribution in [1.29, 1.82) is 0 Å². The second-order valence-electron chi connectivity index (χ2n) is 21.6. The molecule has 0 aromatic heterocycles. The number of hydrogen-bond donors (Lipinski definition) is 0. The molecule has 0 radical (unpaired) electrons. The lowest BCUT2D eigenvalue weighted by Gasteiger charge is -2.66. The largest absolute Gasteiger partial charge is 0.417 e. The molecule has 0 saturated heterocycles. The molecule has 0 N–H and O–H groups in total. The fourth-order valence-electron chi connectivity index (χ4n) is 11.3. The van der Waals surface area contributed by atoms with E-state index in [0.29, 0.717) is 53.3 Å². The first-order valence-electron chi connectivity index (χ1n) is 20.0. The Labute approximate surface area is 297 Å². The predicted octanol–water partition coefficient (Wildman–Crippen LogP) is 11.8. The summed E-state index contributed by atoms with van der Waals surface area (Å²) in [6.07, 6.45) is 14.2. The van der Waals surface area contributed by atoms with Crippen molar-refractivity contribution in [2.24, 2.45) is 52.3 Å². The van der Waals surface area contributed by atoms with Crippen LogP contribution in [0.4, 0.5) is 0 Å². The van der Waals surface area contributed by atoms with Crippen LogP contribution in [-0.4, -0.2) is 58.2 Å². The molecular weight excluding hydrogens is 645 g/mol. The molecule has 4 saturated carbocycles. The molecule has 12 atom stereocenters. The lowest BCUT2D eigenvalue weighted by Crippen LogP contribution is -2.64. The van der Waals surface area contributed by atoms with Crippen molar-refractivity contribution in [3.63, 3.8) is 0 Å². The van der Waals surface area contributed by atoms with Crippen LogP contribution in [0.25, 0.3) is 0 Å². The zero-order chi connectivity index (χ0) is 35.4. The van der Waals surface area contributed by atoms with Gasteiger partial charge in [0.15, 0.2) is 33.3 Å². The minimum Gasteiger partial charge on any atom is -0.417 e. The molecule has 276 valence electrons. The lowest BCUT2D eigenvalue weighted by molar-refractivity contribution is -0.199. The van der Waals surface area contributed by atoms with Crippen LogP contribution in [0.5, 0.6) is 0 Å². The molecule has 4 aliphatic rings. The van der Waals surface area contributed by atoms with Crippen LogP contribution >= 0.6 is 0 Å². The molecule has 4 aliphatic carbocycles. The van der Waals surface area contributed by atoms with E-state index in [0.717, 1.165) is 18.4 Å². The molecule has 0 amide bonds. The molecule has 4 nitrogen and oxygen atoms in total. The van der Waals surface area contributed by atoms with Gasteiger partial charge in [-0.1, -0.05) is 40.5 Å². The molecule has 8 heteroatoms. The van der Waals surface area contributed by atoms with E-state index in [1.165, 1.54) is 64.2 Å². The van der Waals surface area contributed by atoms with E-state index in [-0.39, 0.29) is 5.41 Å². The van der Waals surface area contributed by atoms with Crippen LogP contribution in [0.1, 0.15) is 91.9 Å². The Bertz CT molecular complexity index is 1030. The maximum atomic E-state index is 7.45. The van der Waals surface area contributed by atoms with Gasteiger partial charge in [-0.3, -0.25) is 0 Å². The molecule has 0 aromatic rings. The summed E-state index contributed by atoms with van der Waals surface area (Å²) in [7, 11) is -6.49. The highest BCUT2D eigenvalue weighted by molar-refractivity contribution is 6.70. The van der Waals surface area contributed by atoms with Crippen molar-refractivity contribution in [1.82, 2.24) is 0 Å². The Morgan fingerprint density at radius 2 is 1.28 bits per heavy atom. The maximum absolute atomic E-state index is 7.45. The van der Waals surface area contributed by atoms with Gasteiger partial charge < -0.3 is 17.7 Å². The van der Waals surface area contributed by atoms with Crippen LogP contribution in [0.3, 0.4) is 0 Å².